The van der Waals surface area contributed by atoms with E-state index in [-0.39, 0.29) is 5.69 Å². The summed E-state index contributed by atoms with van der Waals surface area (Å²) in [4.78, 5) is 44.4. The molecule has 1 aromatic heterocycles. The van der Waals surface area contributed by atoms with E-state index < -0.39 is 60.0 Å². The Balaban J connectivity index is 1.52. The molecule has 1 unspecified atom stereocenters. The Hall–Kier alpha value is -3.96. The van der Waals surface area contributed by atoms with Crippen LogP contribution in [0.3, 0.4) is 0 Å². The highest BCUT2D eigenvalue weighted by atomic mass is 19.4. The van der Waals surface area contributed by atoms with Gasteiger partial charge in [-0.25, -0.2) is 14.2 Å². The van der Waals surface area contributed by atoms with Gasteiger partial charge in [0.2, 0.25) is 5.91 Å². The number of amides is 3. The first kappa shape index (κ1) is 26.6. The quantitative estimate of drug-likeness (QED) is 0.328. The monoisotopic (exact) mass is 546 g/mol. The average molecular weight is 547 g/mol. The number of aryl methyl sites for hydroxylation is 1. The second-order valence-electron chi connectivity index (χ2n) is 9.97. The van der Waals surface area contributed by atoms with Gasteiger partial charge >= 0.3 is 18.2 Å². The van der Waals surface area contributed by atoms with Gasteiger partial charge in [-0.15, -0.1) is 0 Å². The number of carboxylic acids is 1. The van der Waals surface area contributed by atoms with Gasteiger partial charge in [-0.2, -0.15) is 13.2 Å². The number of imidazole rings is 1. The number of aliphatic carboxylic acids is 1. The number of hydrogen-bond acceptors (Lipinski definition) is 4. The summed E-state index contributed by atoms with van der Waals surface area (Å²) in [7, 11) is 0. The fraction of sp³-hybridized carbons (Fsp3) is 0.407. The minimum absolute atomic E-state index is 0.250. The molecule has 1 saturated carbocycles. The first-order valence-corrected chi connectivity index (χ1v) is 12.7. The summed E-state index contributed by atoms with van der Waals surface area (Å²) in [6.07, 6.45) is 0.377. The van der Waals surface area contributed by atoms with Crippen molar-refractivity contribution in [1.82, 2.24) is 14.5 Å². The van der Waals surface area contributed by atoms with Gasteiger partial charge in [-0.3, -0.25) is 19.4 Å². The van der Waals surface area contributed by atoms with Gasteiger partial charge in [0.25, 0.3) is 0 Å². The van der Waals surface area contributed by atoms with Gasteiger partial charge < -0.3 is 9.67 Å². The molecule has 0 spiro atoms. The van der Waals surface area contributed by atoms with Crippen molar-refractivity contribution in [3.05, 3.63) is 59.2 Å². The molecule has 1 aliphatic heterocycles. The molecule has 12 heteroatoms. The molecule has 2 heterocycles. The maximum atomic E-state index is 14.1. The van der Waals surface area contributed by atoms with Crippen LogP contribution in [0.1, 0.15) is 55.1 Å². The Kier molecular flexibility index (Phi) is 6.81. The highest BCUT2D eigenvalue weighted by Gasteiger charge is 2.45. The fourth-order valence-electron chi connectivity index (χ4n) is 5.68. The molecule has 2 aliphatic rings. The molecule has 39 heavy (non-hydrogen) atoms. The second kappa shape index (κ2) is 9.97. The predicted molar refractivity (Wildman–Crippen MR) is 132 cm³/mol. The number of carbonyl (C=O) groups excluding carboxylic acids is 2. The van der Waals surface area contributed by atoms with Crippen LogP contribution in [0.15, 0.2) is 36.4 Å². The van der Waals surface area contributed by atoms with Crippen molar-refractivity contribution in [1.29, 1.82) is 0 Å². The lowest BCUT2D eigenvalue weighted by Crippen LogP contribution is -2.58. The highest BCUT2D eigenvalue weighted by Crippen LogP contribution is 2.37. The van der Waals surface area contributed by atoms with E-state index in [1.807, 2.05) is 6.92 Å². The molecule has 3 amide bonds. The number of carboxylic acid groups (broad SMARTS) is 1. The maximum absolute atomic E-state index is 14.1. The van der Waals surface area contributed by atoms with E-state index in [4.69, 9.17) is 0 Å². The van der Waals surface area contributed by atoms with Gasteiger partial charge in [0, 0.05) is 18.3 Å². The smallest absolute Gasteiger partial charge is 0.419 e. The Morgan fingerprint density at radius 2 is 1.82 bits per heavy atom. The number of alkyl halides is 3. The molecule has 5 rings (SSSR count). The Morgan fingerprint density at radius 3 is 2.49 bits per heavy atom. The zero-order valence-electron chi connectivity index (χ0n) is 21.0. The Morgan fingerprint density at radius 1 is 1.10 bits per heavy atom. The number of nitrogens with zero attached hydrogens (tertiary/aromatic N) is 4. The van der Waals surface area contributed by atoms with E-state index in [0.717, 1.165) is 54.1 Å². The lowest BCUT2D eigenvalue weighted by molar-refractivity contribution is -0.151. The summed E-state index contributed by atoms with van der Waals surface area (Å²) in [6, 6.07) is 6.90. The molecule has 3 aromatic rings. The predicted octanol–water partition coefficient (Wildman–Crippen LogP) is 5.68. The van der Waals surface area contributed by atoms with Crippen LogP contribution in [0, 0.1) is 18.7 Å². The zero-order chi connectivity index (χ0) is 28.1. The molecule has 8 nitrogen and oxygen atoms in total. The van der Waals surface area contributed by atoms with Crippen LogP contribution < -0.4 is 4.90 Å². The minimum Gasteiger partial charge on any atom is -0.481 e. The number of hydrogen-bond donors (Lipinski definition) is 1. The first-order chi connectivity index (χ1) is 18.5. The van der Waals surface area contributed by atoms with Gasteiger partial charge in [0.05, 0.1) is 23.1 Å². The van der Waals surface area contributed by atoms with E-state index in [9.17, 15) is 37.1 Å². The third kappa shape index (κ3) is 4.83. The number of carbonyl (C=O) groups is 3. The van der Waals surface area contributed by atoms with E-state index in [0.29, 0.717) is 22.5 Å². The van der Waals surface area contributed by atoms with Crippen LogP contribution >= 0.6 is 0 Å². The normalized spacial score (nSPS) is 19.3. The van der Waals surface area contributed by atoms with E-state index in [1.54, 1.807) is 18.2 Å². The molecule has 2 fully saturated rings. The third-order valence-electron chi connectivity index (χ3n) is 7.50. The standard InChI is InChI=1S/C27H26F4N4O4/c1-15-32-21-12-18(10-11-22(21)35(15)17-7-3-2-4-8-17)33-14-19(25(37)38)24(36)34(26(33)39)13-16-6-5-9-20(28)23(16)27(29,30)31/h5-6,9-12,17,19H,2-4,7-8,13-14H2,1H3,(H,37,38). The van der Waals surface area contributed by atoms with Crippen LogP contribution in [0.5, 0.6) is 0 Å². The topological polar surface area (TPSA) is 95.7 Å². The number of aromatic nitrogens is 2. The van der Waals surface area contributed by atoms with Crippen molar-refractivity contribution in [2.24, 2.45) is 5.92 Å². The number of anilines is 1. The Bertz CT molecular complexity index is 1460. The molecule has 1 aliphatic carbocycles. The largest absolute Gasteiger partial charge is 0.481 e. The summed E-state index contributed by atoms with van der Waals surface area (Å²) in [5.41, 5.74) is -0.597. The molecule has 0 radical (unpaired) electrons. The van der Waals surface area contributed by atoms with Crippen molar-refractivity contribution in [3.8, 4) is 0 Å². The number of benzene rings is 2. The summed E-state index contributed by atoms with van der Waals surface area (Å²) >= 11 is 0. The minimum atomic E-state index is -5.09. The number of rotatable bonds is 5. The molecule has 1 atom stereocenters. The SMILES string of the molecule is Cc1nc2cc(N3CC(C(=O)O)C(=O)N(Cc4cccc(F)c4C(F)(F)F)C3=O)ccc2n1C1CCCCC1. The van der Waals surface area contributed by atoms with Gasteiger partial charge in [0.15, 0.2) is 5.92 Å². The van der Waals surface area contributed by atoms with Gasteiger partial charge in [-0.1, -0.05) is 31.4 Å². The van der Waals surface area contributed by atoms with Crippen molar-refractivity contribution in [2.45, 2.75) is 57.8 Å². The Labute approximate surface area is 220 Å². The van der Waals surface area contributed by atoms with Crippen LogP contribution in [-0.2, 0) is 22.3 Å². The summed E-state index contributed by atoms with van der Waals surface area (Å²) in [5.74, 6) is -5.18. The molecule has 1 N–H and O–H groups in total. The number of urea groups is 1. The third-order valence-corrected chi connectivity index (χ3v) is 7.50. The van der Waals surface area contributed by atoms with E-state index in [1.165, 1.54) is 6.42 Å². The van der Waals surface area contributed by atoms with Crippen molar-refractivity contribution in [3.63, 3.8) is 0 Å². The van der Waals surface area contributed by atoms with Gasteiger partial charge in [0.1, 0.15) is 11.6 Å². The fourth-order valence-corrected chi connectivity index (χ4v) is 5.68. The molecular weight excluding hydrogens is 520 g/mol. The average Bonchev–Trinajstić information content (AvgIpc) is 3.21. The van der Waals surface area contributed by atoms with Crippen molar-refractivity contribution >= 4 is 34.6 Å². The van der Waals surface area contributed by atoms with E-state index >= 15 is 0 Å². The lowest BCUT2D eigenvalue weighted by atomic mass is 9.95. The maximum Gasteiger partial charge on any atom is 0.419 e. The number of fused-ring (bicyclic) bond motifs is 1. The van der Waals surface area contributed by atoms with Crippen molar-refractivity contribution < 1.29 is 37.1 Å². The summed E-state index contributed by atoms with van der Waals surface area (Å²) < 4.78 is 57.0. The molecular formula is C27H26F4N4O4. The van der Waals surface area contributed by atoms with Gasteiger partial charge in [-0.05, 0) is 49.6 Å². The first-order valence-electron chi connectivity index (χ1n) is 12.7. The summed E-state index contributed by atoms with van der Waals surface area (Å²) in [5, 5.41) is 9.69. The molecule has 2 aromatic carbocycles. The molecule has 1 saturated heterocycles. The summed E-state index contributed by atoms with van der Waals surface area (Å²) in [6.45, 7) is 0.438. The van der Waals surface area contributed by atoms with Crippen LogP contribution in [0.25, 0.3) is 11.0 Å². The highest BCUT2D eigenvalue weighted by molar-refractivity contribution is 6.12. The molecule has 206 valence electrons. The lowest BCUT2D eigenvalue weighted by Gasteiger charge is -2.37. The second-order valence-corrected chi connectivity index (χ2v) is 9.97. The number of imide groups is 1. The van der Waals surface area contributed by atoms with Crippen LogP contribution in [-0.4, -0.2) is 44.0 Å². The van der Waals surface area contributed by atoms with Crippen LogP contribution in [0.4, 0.5) is 28.0 Å². The van der Waals surface area contributed by atoms with Crippen molar-refractivity contribution in [2.75, 3.05) is 11.4 Å². The zero-order valence-corrected chi connectivity index (χ0v) is 21.0. The van der Waals surface area contributed by atoms with E-state index in [2.05, 4.69) is 9.55 Å². The molecule has 0 bridgehead atoms. The van der Waals surface area contributed by atoms with Crippen LogP contribution in [0.2, 0.25) is 0 Å². The number of halogens is 4.